The van der Waals surface area contributed by atoms with Crippen molar-refractivity contribution in [3.05, 3.63) is 11.6 Å². The number of unbranched alkanes of at least 4 members (excludes halogenated alkanes) is 4. The number of carbonyl (C=O) groups is 1. The van der Waals surface area contributed by atoms with Crippen molar-refractivity contribution in [2.75, 3.05) is 0 Å². The molecular weight excluding hydrogens is 164 g/mol. The number of aliphatic carboxylic acids is 1. The maximum absolute atomic E-state index is 10.6. The first-order valence-electron chi connectivity index (χ1n) is 5.10. The van der Waals surface area contributed by atoms with Crippen molar-refractivity contribution in [1.29, 1.82) is 0 Å². The van der Waals surface area contributed by atoms with Crippen LogP contribution in [0.3, 0.4) is 0 Å². The van der Waals surface area contributed by atoms with Gasteiger partial charge >= 0.3 is 5.97 Å². The highest BCUT2D eigenvalue weighted by atomic mass is 16.4. The van der Waals surface area contributed by atoms with E-state index in [1.54, 1.807) is 13.0 Å². The molecule has 0 aromatic carbocycles. The number of hydrogen-bond acceptors (Lipinski definition) is 1. The van der Waals surface area contributed by atoms with Gasteiger partial charge in [-0.15, -0.1) is 0 Å². The molecular formula is C11H20O2. The summed E-state index contributed by atoms with van der Waals surface area (Å²) in [5.74, 6) is -0.766. The minimum Gasteiger partial charge on any atom is -0.478 e. The molecule has 0 aliphatic carbocycles. The average molecular weight is 184 g/mol. The molecule has 0 fully saturated rings. The lowest BCUT2D eigenvalue weighted by Gasteiger charge is -2.01. The Balaban J connectivity index is 3.46. The maximum Gasteiger partial charge on any atom is 0.331 e. The standard InChI is InChI=1S/C11H20O2/c1-3-5-6-7-8-9-10(4-2)11(12)13/h4H,3,5-9H2,1-2H3,(H,12,13)/b10-4+. The van der Waals surface area contributed by atoms with Crippen LogP contribution in [-0.4, -0.2) is 11.1 Å². The first kappa shape index (κ1) is 12.2. The number of allylic oxidation sites excluding steroid dienone is 1. The normalized spacial score (nSPS) is 11.7. The second-order valence-corrected chi connectivity index (χ2v) is 3.28. The maximum atomic E-state index is 10.6. The van der Waals surface area contributed by atoms with Crippen LogP contribution < -0.4 is 0 Å². The number of carboxylic acids is 1. The Bertz CT molecular complexity index is 171. The molecule has 0 saturated carbocycles. The van der Waals surface area contributed by atoms with Gasteiger partial charge in [0.05, 0.1) is 0 Å². The van der Waals surface area contributed by atoms with Crippen LogP contribution in [0.4, 0.5) is 0 Å². The third-order valence-electron chi connectivity index (χ3n) is 2.17. The molecule has 0 rings (SSSR count). The van der Waals surface area contributed by atoms with Crippen LogP contribution >= 0.6 is 0 Å². The molecule has 2 heteroatoms. The van der Waals surface area contributed by atoms with Crippen LogP contribution in [0, 0.1) is 0 Å². The van der Waals surface area contributed by atoms with E-state index in [4.69, 9.17) is 5.11 Å². The summed E-state index contributed by atoms with van der Waals surface area (Å²) >= 11 is 0. The summed E-state index contributed by atoms with van der Waals surface area (Å²) in [5.41, 5.74) is 0.552. The van der Waals surface area contributed by atoms with E-state index in [-0.39, 0.29) is 0 Å². The minimum atomic E-state index is -0.766. The highest BCUT2D eigenvalue weighted by molar-refractivity contribution is 5.86. The van der Waals surface area contributed by atoms with E-state index in [0.717, 1.165) is 19.3 Å². The third kappa shape index (κ3) is 6.38. The predicted molar refractivity (Wildman–Crippen MR) is 54.8 cm³/mol. The predicted octanol–water partition coefficient (Wildman–Crippen LogP) is 3.38. The van der Waals surface area contributed by atoms with Crippen molar-refractivity contribution >= 4 is 5.97 Å². The van der Waals surface area contributed by atoms with Crippen molar-refractivity contribution in [1.82, 2.24) is 0 Å². The van der Waals surface area contributed by atoms with E-state index in [1.165, 1.54) is 19.3 Å². The molecule has 2 nitrogen and oxygen atoms in total. The van der Waals surface area contributed by atoms with Crippen molar-refractivity contribution in [3.8, 4) is 0 Å². The van der Waals surface area contributed by atoms with Crippen molar-refractivity contribution in [2.24, 2.45) is 0 Å². The second-order valence-electron chi connectivity index (χ2n) is 3.28. The third-order valence-corrected chi connectivity index (χ3v) is 2.17. The van der Waals surface area contributed by atoms with E-state index in [1.807, 2.05) is 0 Å². The lowest BCUT2D eigenvalue weighted by molar-refractivity contribution is -0.132. The smallest absolute Gasteiger partial charge is 0.331 e. The van der Waals surface area contributed by atoms with Gasteiger partial charge in [0.25, 0.3) is 0 Å². The highest BCUT2D eigenvalue weighted by Gasteiger charge is 2.04. The topological polar surface area (TPSA) is 37.3 Å². The summed E-state index contributed by atoms with van der Waals surface area (Å²) in [6, 6.07) is 0. The lowest BCUT2D eigenvalue weighted by atomic mass is 10.1. The molecule has 0 heterocycles. The van der Waals surface area contributed by atoms with Gasteiger partial charge in [-0.25, -0.2) is 4.79 Å². The van der Waals surface area contributed by atoms with Gasteiger partial charge in [0.15, 0.2) is 0 Å². The van der Waals surface area contributed by atoms with E-state index in [0.29, 0.717) is 5.57 Å². The molecule has 0 bridgehead atoms. The zero-order chi connectivity index (χ0) is 10.1. The Morgan fingerprint density at radius 3 is 2.31 bits per heavy atom. The summed E-state index contributed by atoms with van der Waals surface area (Å²) in [7, 11) is 0. The second kappa shape index (κ2) is 7.84. The molecule has 0 aliphatic heterocycles. The van der Waals surface area contributed by atoms with E-state index < -0.39 is 5.97 Å². The van der Waals surface area contributed by atoms with Crippen molar-refractivity contribution in [2.45, 2.75) is 52.4 Å². The molecule has 0 aliphatic rings. The SMILES string of the molecule is C/C=C(\CCCCCCC)C(=O)O. The summed E-state index contributed by atoms with van der Waals surface area (Å²) < 4.78 is 0. The molecule has 76 valence electrons. The number of rotatable bonds is 7. The molecule has 0 aromatic heterocycles. The molecule has 0 atom stereocenters. The summed E-state index contributed by atoms with van der Waals surface area (Å²) in [4.78, 5) is 10.6. The fourth-order valence-electron chi connectivity index (χ4n) is 1.29. The number of carboxylic acid groups (broad SMARTS) is 1. The monoisotopic (exact) mass is 184 g/mol. The molecule has 0 radical (unpaired) electrons. The molecule has 0 saturated heterocycles. The van der Waals surface area contributed by atoms with Gasteiger partial charge in [-0.3, -0.25) is 0 Å². The van der Waals surface area contributed by atoms with Crippen LogP contribution in [0.2, 0.25) is 0 Å². The quantitative estimate of drug-likeness (QED) is 0.486. The largest absolute Gasteiger partial charge is 0.478 e. The van der Waals surface area contributed by atoms with Gasteiger partial charge < -0.3 is 5.11 Å². The zero-order valence-corrected chi connectivity index (χ0v) is 8.68. The Morgan fingerprint density at radius 1 is 1.23 bits per heavy atom. The van der Waals surface area contributed by atoms with Crippen LogP contribution in [0.1, 0.15) is 52.4 Å². The number of hydrogen-bond donors (Lipinski definition) is 1. The van der Waals surface area contributed by atoms with Gasteiger partial charge in [-0.2, -0.15) is 0 Å². The van der Waals surface area contributed by atoms with Gasteiger partial charge in [0.2, 0.25) is 0 Å². The minimum absolute atomic E-state index is 0.552. The van der Waals surface area contributed by atoms with Gasteiger partial charge in [-0.1, -0.05) is 38.7 Å². The van der Waals surface area contributed by atoms with Crippen LogP contribution in [0.25, 0.3) is 0 Å². The van der Waals surface area contributed by atoms with Crippen molar-refractivity contribution in [3.63, 3.8) is 0 Å². The Labute approximate surface area is 80.7 Å². The van der Waals surface area contributed by atoms with Crippen LogP contribution in [0.15, 0.2) is 11.6 Å². The van der Waals surface area contributed by atoms with Gasteiger partial charge in [0, 0.05) is 5.57 Å². The molecule has 0 unspecified atom stereocenters. The molecule has 13 heavy (non-hydrogen) atoms. The Hall–Kier alpha value is -0.790. The summed E-state index contributed by atoms with van der Waals surface area (Å²) in [5, 5.41) is 8.71. The van der Waals surface area contributed by atoms with Gasteiger partial charge in [-0.05, 0) is 19.8 Å². The molecule has 0 aromatic rings. The highest BCUT2D eigenvalue weighted by Crippen LogP contribution is 2.10. The lowest BCUT2D eigenvalue weighted by Crippen LogP contribution is -1.99. The van der Waals surface area contributed by atoms with Crippen LogP contribution in [-0.2, 0) is 4.79 Å². The van der Waals surface area contributed by atoms with Crippen LogP contribution in [0.5, 0.6) is 0 Å². The Kier molecular flexibility index (Phi) is 7.36. The fraction of sp³-hybridized carbons (Fsp3) is 0.727. The molecule has 0 amide bonds. The first-order valence-corrected chi connectivity index (χ1v) is 5.10. The Morgan fingerprint density at radius 2 is 1.85 bits per heavy atom. The molecule has 1 N–H and O–H groups in total. The fourth-order valence-corrected chi connectivity index (χ4v) is 1.29. The van der Waals surface area contributed by atoms with E-state index >= 15 is 0 Å². The zero-order valence-electron chi connectivity index (χ0n) is 8.68. The summed E-state index contributed by atoms with van der Waals surface area (Å²) in [6.07, 6.45) is 8.29. The summed E-state index contributed by atoms with van der Waals surface area (Å²) in [6.45, 7) is 3.96. The van der Waals surface area contributed by atoms with E-state index in [2.05, 4.69) is 6.92 Å². The molecule has 0 spiro atoms. The first-order chi connectivity index (χ1) is 6.22. The van der Waals surface area contributed by atoms with E-state index in [9.17, 15) is 4.79 Å². The van der Waals surface area contributed by atoms with Gasteiger partial charge in [0.1, 0.15) is 0 Å². The van der Waals surface area contributed by atoms with Crippen molar-refractivity contribution < 1.29 is 9.90 Å². The average Bonchev–Trinajstić information content (AvgIpc) is 2.10.